The van der Waals surface area contributed by atoms with Gasteiger partial charge in [0.1, 0.15) is 11.5 Å². The minimum Gasteiger partial charge on any atom is -0.258 e. The molecule has 1 heterocycles. The summed E-state index contributed by atoms with van der Waals surface area (Å²) in [7, 11) is 0. The number of hydrogen-bond donors (Lipinski definition) is 0. The molecule has 0 aliphatic heterocycles. The second kappa shape index (κ2) is 8.60. The summed E-state index contributed by atoms with van der Waals surface area (Å²) >= 11 is 10.1. The third kappa shape index (κ3) is 4.19. The van der Waals surface area contributed by atoms with E-state index in [0.29, 0.717) is 10.6 Å². The molecule has 5 heteroatoms. The van der Waals surface area contributed by atoms with Crippen molar-refractivity contribution < 1.29 is 4.39 Å². The van der Waals surface area contributed by atoms with Gasteiger partial charge in [0.15, 0.2) is 0 Å². The molecule has 0 unspecified atom stereocenters. The second-order valence-corrected chi connectivity index (χ2v) is 9.17. The average molecular weight is 498 g/mol. The summed E-state index contributed by atoms with van der Waals surface area (Å²) in [6.45, 7) is 8.59. The maximum atomic E-state index is 14.6. The van der Waals surface area contributed by atoms with E-state index in [1.54, 1.807) is 12.1 Å². The lowest BCUT2D eigenvalue weighted by molar-refractivity contribution is 0.587. The Morgan fingerprint density at radius 2 is 1.48 bits per heavy atom. The van der Waals surface area contributed by atoms with Crippen molar-refractivity contribution in [3.63, 3.8) is 0 Å². The van der Waals surface area contributed by atoms with Crippen LogP contribution in [0.1, 0.15) is 27.8 Å². The van der Waals surface area contributed by atoms with Crippen molar-refractivity contribution >= 4 is 27.5 Å². The van der Waals surface area contributed by atoms with Gasteiger partial charge in [-0.25, -0.2) is 4.39 Å². The Labute approximate surface area is 195 Å². The van der Waals surface area contributed by atoms with Crippen molar-refractivity contribution in [1.82, 2.24) is 9.78 Å². The van der Waals surface area contributed by atoms with Crippen molar-refractivity contribution in [3.8, 4) is 22.5 Å². The largest absolute Gasteiger partial charge is 0.258 e. The van der Waals surface area contributed by atoms with Crippen LogP contribution in [-0.2, 0) is 6.54 Å². The van der Waals surface area contributed by atoms with Gasteiger partial charge in [-0.05, 0) is 90.1 Å². The van der Waals surface area contributed by atoms with E-state index in [4.69, 9.17) is 16.7 Å². The van der Waals surface area contributed by atoms with Crippen LogP contribution in [0.4, 0.5) is 4.39 Å². The lowest BCUT2D eigenvalue weighted by atomic mass is 10.0. The summed E-state index contributed by atoms with van der Waals surface area (Å²) < 4.78 is 17.3. The van der Waals surface area contributed by atoms with Gasteiger partial charge in [-0.2, -0.15) is 5.10 Å². The number of nitrogens with zero attached hydrogens (tertiary/aromatic N) is 2. The van der Waals surface area contributed by atoms with Gasteiger partial charge in [0, 0.05) is 21.7 Å². The summed E-state index contributed by atoms with van der Waals surface area (Å²) in [4.78, 5) is 0. The molecule has 0 fully saturated rings. The molecule has 0 amide bonds. The fourth-order valence-corrected chi connectivity index (χ4v) is 4.59. The zero-order valence-corrected chi connectivity index (χ0v) is 20.3. The smallest absolute Gasteiger partial charge is 0.129 e. The predicted octanol–water partition coefficient (Wildman–Crippen LogP) is 8.05. The highest BCUT2D eigenvalue weighted by atomic mass is 79.9. The first kappa shape index (κ1) is 21.8. The first-order valence-corrected chi connectivity index (χ1v) is 11.3. The molecule has 0 aliphatic carbocycles. The molecule has 1 aromatic heterocycles. The zero-order valence-electron chi connectivity index (χ0n) is 17.9. The summed E-state index contributed by atoms with van der Waals surface area (Å²) in [6.07, 6.45) is 0. The van der Waals surface area contributed by atoms with Crippen molar-refractivity contribution in [3.05, 3.63) is 97.7 Å². The molecule has 0 radical (unpaired) electrons. The van der Waals surface area contributed by atoms with Crippen LogP contribution in [0.25, 0.3) is 22.5 Å². The normalized spacial score (nSPS) is 11.2. The van der Waals surface area contributed by atoms with Gasteiger partial charge < -0.3 is 0 Å². The van der Waals surface area contributed by atoms with Gasteiger partial charge in [-0.15, -0.1) is 0 Å². The first-order chi connectivity index (χ1) is 14.8. The van der Waals surface area contributed by atoms with Crippen LogP contribution in [0.15, 0.2) is 59.1 Å². The molecule has 3 aromatic carbocycles. The monoisotopic (exact) mass is 496 g/mol. The third-order valence-electron chi connectivity index (χ3n) is 5.82. The molecule has 0 bridgehead atoms. The zero-order chi connectivity index (χ0) is 22.3. The molecule has 4 rings (SSSR count). The molecule has 31 heavy (non-hydrogen) atoms. The maximum absolute atomic E-state index is 14.6. The highest BCUT2D eigenvalue weighted by Gasteiger charge is 2.21. The molecule has 0 N–H and O–H groups in total. The van der Waals surface area contributed by atoms with E-state index >= 15 is 0 Å². The standard InChI is InChI=1S/C26H23BrClFN2/c1-15-8-10-19(12-17(15)3)25-24(27)26(20-11-9-16(2)18(4)13-20)31(30-25)14-21-22(28)6-5-7-23(21)29/h5-13H,14H2,1-4H3. The summed E-state index contributed by atoms with van der Waals surface area (Å²) in [5, 5.41) is 5.30. The van der Waals surface area contributed by atoms with E-state index in [9.17, 15) is 4.39 Å². The molecule has 0 spiro atoms. The molecular formula is C26H23BrClFN2. The summed E-state index contributed by atoms with van der Waals surface area (Å²) in [6, 6.07) is 17.4. The van der Waals surface area contributed by atoms with Gasteiger partial charge in [0.05, 0.1) is 16.7 Å². The Hall–Kier alpha value is -2.43. The Kier molecular flexibility index (Phi) is 6.05. The fraction of sp³-hybridized carbons (Fsp3) is 0.192. The lowest BCUT2D eigenvalue weighted by Gasteiger charge is -2.12. The summed E-state index contributed by atoms with van der Waals surface area (Å²) in [5.41, 5.74) is 9.01. The van der Waals surface area contributed by atoms with Crippen molar-refractivity contribution in [2.45, 2.75) is 34.2 Å². The molecule has 2 nitrogen and oxygen atoms in total. The number of rotatable bonds is 4. The van der Waals surface area contributed by atoms with E-state index in [2.05, 4.69) is 80.0 Å². The Balaban J connectivity index is 1.93. The molecule has 0 atom stereocenters. The highest BCUT2D eigenvalue weighted by molar-refractivity contribution is 9.10. The molecule has 4 aromatic rings. The van der Waals surface area contributed by atoms with Gasteiger partial charge in [-0.3, -0.25) is 4.68 Å². The Morgan fingerprint density at radius 1 is 0.871 bits per heavy atom. The van der Waals surface area contributed by atoms with E-state index in [0.717, 1.165) is 27.0 Å². The minimum atomic E-state index is -0.335. The number of halogens is 3. The van der Waals surface area contributed by atoms with Gasteiger partial charge >= 0.3 is 0 Å². The molecule has 0 saturated carbocycles. The van der Waals surface area contributed by atoms with Crippen LogP contribution < -0.4 is 0 Å². The fourth-order valence-electron chi connectivity index (χ4n) is 3.63. The van der Waals surface area contributed by atoms with Crippen molar-refractivity contribution in [2.75, 3.05) is 0 Å². The van der Waals surface area contributed by atoms with E-state index < -0.39 is 0 Å². The van der Waals surface area contributed by atoms with E-state index in [1.807, 2.05) is 4.68 Å². The first-order valence-electron chi connectivity index (χ1n) is 10.1. The SMILES string of the molecule is Cc1ccc(-c2nn(Cc3c(F)cccc3Cl)c(-c3ccc(C)c(C)c3)c2Br)cc1C. The number of benzene rings is 3. The van der Waals surface area contributed by atoms with Crippen LogP contribution in [0.5, 0.6) is 0 Å². The van der Waals surface area contributed by atoms with E-state index in [1.165, 1.54) is 28.3 Å². The van der Waals surface area contributed by atoms with Crippen LogP contribution >= 0.6 is 27.5 Å². The maximum Gasteiger partial charge on any atom is 0.129 e. The molecule has 0 aliphatic rings. The minimum absolute atomic E-state index is 0.233. The van der Waals surface area contributed by atoms with Crippen LogP contribution in [0, 0.1) is 33.5 Å². The Bertz CT molecular complexity index is 1270. The third-order valence-corrected chi connectivity index (χ3v) is 6.93. The van der Waals surface area contributed by atoms with Gasteiger partial charge in [0.25, 0.3) is 0 Å². The van der Waals surface area contributed by atoms with Gasteiger partial charge in [0.2, 0.25) is 0 Å². The van der Waals surface area contributed by atoms with E-state index in [-0.39, 0.29) is 12.4 Å². The second-order valence-electron chi connectivity index (χ2n) is 7.97. The Morgan fingerprint density at radius 3 is 2.10 bits per heavy atom. The molecule has 0 saturated heterocycles. The number of aryl methyl sites for hydroxylation is 4. The quantitative estimate of drug-likeness (QED) is 0.279. The number of aromatic nitrogens is 2. The molecule has 158 valence electrons. The van der Waals surface area contributed by atoms with Crippen molar-refractivity contribution in [2.24, 2.45) is 0 Å². The number of hydrogen-bond acceptors (Lipinski definition) is 1. The van der Waals surface area contributed by atoms with Crippen LogP contribution in [-0.4, -0.2) is 9.78 Å². The summed E-state index contributed by atoms with van der Waals surface area (Å²) in [5.74, 6) is -0.335. The topological polar surface area (TPSA) is 17.8 Å². The molecular weight excluding hydrogens is 475 g/mol. The van der Waals surface area contributed by atoms with Crippen LogP contribution in [0.2, 0.25) is 5.02 Å². The predicted molar refractivity (Wildman–Crippen MR) is 130 cm³/mol. The lowest BCUT2D eigenvalue weighted by Crippen LogP contribution is -2.07. The highest BCUT2D eigenvalue weighted by Crippen LogP contribution is 2.38. The average Bonchev–Trinajstić information content (AvgIpc) is 3.05. The van der Waals surface area contributed by atoms with Crippen LogP contribution in [0.3, 0.4) is 0 Å². The van der Waals surface area contributed by atoms with Crippen molar-refractivity contribution in [1.29, 1.82) is 0 Å². The van der Waals surface area contributed by atoms with Gasteiger partial charge in [-0.1, -0.05) is 41.9 Å².